The molecular formula is C15H14F2N2O4. The molecule has 23 heavy (non-hydrogen) atoms. The van der Waals surface area contributed by atoms with Gasteiger partial charge in [0.15, 0.2) is 5.76 Å². The van der Waals surface area contributed by atoms with E-state index < -0.39 is 18.4 Å². The fourth-order valence-electron chi connectivity index (χ4n) is 1.80. The molecule has 0 atom stereocenters. The third kappa shape index (κ3) is 4.80. The van der Waals surface area contributed by atoms with Gasteiger partial charge in [0.25, 0.3) is 11.8 Å². The molecule has 0 aliphatic rings. The van der Waals surface area contributed by atoms with Crippen LogP contribution in [0.4, 0.5) is 8.78 Å². The van der Waals surface area contributed by atoms with Crippen molar-refractivity contribution in [1.82, 2.24) is 10.6 Å². The molecule has 1 aromatic carbocycles. The number of hydrogen-bond acceptors (Lipinski definition) is 4. The average Bonchev–Trinajstić information content (AvgIpc) is 3.05. The first kappa shape index (κ1) is 16.5. The smallest absolute Gasteiger partial charge is 0.387 e. The van der Waals surface area contributed by atoms with Crippen molar-refractivity contribution in [1.29, 1.82) is 0 Å². The molecule has 6 nitrogen and oxygen atoms in total. The Balaban J connectivity index is 1.82. The first-order valence-corrected chi connectivity index (χ1v) is 6.71. The topological polar surface area (TPSA) is 80.6 Å². The van der Waals surface area contributed by atoms with Gasteiger partial charge in [-0.2, -0.15) is 8.78 Å². The van der Waals surface area contributed by atoms with Gasteiger partial charge in [-0.15, -0.1) is 0 Å². The highest BCUT2D eigenvalue weighted by Crippen LogP contribution is 2.19. The van der Waals surface area contributed by atoms with E-state index in [9.17, 15) is 18.4 Å². The Morgan fingerprint density at radius 1 is 1.04 bits per heavy atom. The van der Waals surface area contributed by atoms with E-state index >= 15 is 0 Å². The minimum absolute atomic E-state index is 0.00911. The molecule has 122 valence electrons. The first-order valence-electron chi connectivity index (χ1n) is 6.71. The molecule has 2 amide bonds. The summed E-state index contributed by atoms with van der Waals surface area (Å²) in [4.78, 5) is 23.5. The lowest BCUT2D eigenvalue weighted by Gasteiger charge is -2.11. The zero-order valence-corrected chi connectivity index (χ0v) is 11.9. The minimum atomic E-state index is -3.02. The summed E-state index contributed by atoms with van der Waals surface area (Å²) in [6, 6.07) is 8.75. The average molecular weight is 324 g/mol. The van der Waals surface area contributed by atoms with E-state index in [2.05, 4.69) is 15.4 Å². The zero-order chi connectivity index (χ0) is 16.7. The van der Waals surface area contributed by atoms with Gasteiger partial charge in [0, 0.05) is 13.1 Å². The van der Waals surface area contributed by atoms with Crippen LogP contribution in [0.5, 0.6) is 5.75 Å². The van der Waals surface area contributed by atoms with Crippen molar-refractivity contribution in [3.05, 3.63) is 54.0 Å². The second kappa shape index (κ2) is 7.92. The molecule has 0 saturated carbocycles. The van der Waals surface area contributed by atoms with E-state index in [4.69, 9.17) is 4.42 Å². The van der Waals surface area contributed by atoms with Crippen molar-refractivity contribution in [3.8, 4) is 5.75 Å². The molecule has 0 bridgehead atoms. The van der Waals surface area contributed by atoms with Gasteiger partial charge in [-0.1, -0.05) is 12.1 Å². The number of carbonyl (C=O) groups is 2. The van der Waals surface area contributed by atoms with Gasteiger partial charge < -0.3 is 19.8 Å². The molecular weight excluding hydrogens is 310 g/mol. The van der Waals surface area contributed by atoms with Gasteiger partial charge in [-0.25, -0.2) is 0 Å². The summed E-state index contributed by atoms with van der Waals surface area (Å²) in [5.41, 5.74) is -0.00911. The fourth-order valence-corrected chi connectivity index (χ4v) is 1.80. The fraction of sp³-hybridized carbons (Fsp3) is 0.200. The molecule has 0 radical (unpaired) electrons. The van der Waals surface area contributed by atoms with Crippen molar-refractivity contribution in [2.24, 2.45) is 0 Å². The molecule has 1 aromatic heterocycles. The maximum absolute atomic E-state index is 12.3. The van der Waals surface area contributed by atoms with Crippen LogP contribution >= 0.6 is 0 Å². The van der Waals surface area contributed by atoms with E-state index in [1.165, 1.54) is 36.6 Å². The molecule has 2 rings (SSSR count). The van der Waals surface area contributed by atoms with Crippen LogP contribution in [0, 0.1) is 0 Å². The van der Waals surface area contributed by atoms with Crippen LogP contribution in [0.1, 0.15) is 20.9 Å². The van der Waals surface area contributed by atoms with E-state index in [-0.39, 0.29) is 30.2 Å². The zero-order valence-electron chi connectivity index (χ0n) is 11.9. The highest BCUT2D eigenvalue weighted by Gasteiger charge is 2.15. The number of ether oxygens (including phenoxy) is 1. The van der Waals surface area contributed by atoms with Gasteiger partial charge in [0.2, 0.25) is 0 Å². The summed E-state index contributed by atoms with van der Waals surface area (Å²) in [5.74, 6) is -1.04. The van der Waals surface area contributed by atoms with Crippen LogP contribution in [0.3, 0.4) is 0 Å². The molecule has 0 aliphatic carbocycles. The lowest BCUT2D eigenvalue weighted by Crippen LogP contribution is -2.34. The Kier molecular flexibility index (Phi) is 5.67. The van der Waals surface area contributed by atoms with E-state index in [1.807, 2.05) is 0 Å². The molecule has 0 fully saturated rings. The van der Waals surface area contributed by atoms with Crippen molar-refractivity contribution >= 4 is 11.8 Å². The third-order valence-corrected chi connectivity index (χ3v) is 2.79. The molecule has 0 aliphatic heterocycles. The molecule has 2 N–H and O–H groups in total. The standard InChI is InChI=1S/C15H14F2N2O4/c16-15(17)23-11-5-2-1-4-10(11)13(20)18-7-8-19-14(21)12-6-3-9-22-12/h1-6,9,15H,7-8H2,(H,18,20)(H,19,21). The highest BCUT2D eigenvalue weighted by atomic mass is 19.3. The SMILES string of the molecule is O=C(NCCNC(=O)c1ccccc1OC(F)F)c1ccco1. The maximum atomic E-state index is 12.3. The van der Waals surface area contributed by atoms with Gasteiger partial charge in [-0.05, 0) is 24.3 Å². The second-order valence-electron chi connectivity index (χ2n) is 4.36. The second-order valence-corrected chi connectivity index (χ2v) is 4.36. The van der Waals surface area contributed by atoms with Gasteiger partial charge >= 0.3 is 6.61 Å². The molecule has 0 spiro atoms. The summed E-state index contributed by atoms with van der Waals surface area (Å²) >= 11 is 0. The Labute approximate surface area is 130 Å². The van der Waals surface area contributed by atoms with E-state index in [0.717, 1.165) is 0 Å². The molecule has 2 aromatic rings. The normalized spacial score (nSPS) is 10.4. The minimum Gasteiger partial charge on any atom is -0.459 e. The number of para-hydroxylation sites is 1. The van der Waals surface area contributed by atoms with Crippen LogP contribution < -0.4 is 15.4 Å². The van der Waals surface area contributed by atoms with Crippen LogP contribution in [0.25, 0.3) is 0 Å². The predicted octanol–water partition coefficient (Wildman–Crippen LogP) is 2.04. The maximum Gasteiger partial charge on any atom is 0.387 e. The summed E-state index contributed by atoms with van der Waals surface area (Å²) in [7, 11) is 0. The summed E-state index contributed by atoms with van der Waals surface area (Å²) in [5, 5.41) is 5.04. The quantitative estimate of drug-likeness (QED) is 0.764. The summed E-state index contributed by atoms with van der Waals surface area (Å²) in [6.45, 7) is -2.74. The number of amides is 2. The van der Waals surface area contributed by atoms with Crippen molar-refractivity contribution < 1.29 is 27.5 Å². The van der Waals surface area contributed by atoms with Crippen LogP contribution in [-0.4, -0.2) is 31.5 Å². The highest BCUT2D eigenvalue weighted by molar-refractivity contribution is 5.97. The number of hydrogen-bond donors (Lipinski definition) is 2. The number of nitrogens with one attached hydrogen (secondary N) is 2. The lowest BCUT2D eigenvalue weighted by molar-refractivity contribution is -0.0501. The Bertz CT molecular complexity index is 659. The van der Waals surface area contributed by atoms with Crippen LogP contribution in [-0.2, 0) is 0 Å². The number of benzene rings is 1. The van der Waals surface area contributed by atoms with Crippen molar-refractivity contribution in [2.45, 2.75) is 6.61 Å². The summed E-state index contributed by atoms with van der Waals surface area (Å²) in [6.07, 6.45) is 1.37. The van der Waals surface area contributed by atoms with Gasteiger partial charge in [0.1, 0.15) is 5.75 Å². The molecule has 1 heterocycles. The van der Waals surface area contributed by atoms with E-state index in [0.29, 0.717) is 0 Å². The van der Waals surface area contributed by atoms with Gasteiger partial charge in [-0.3, -0.25) is 9.59 Å². The third-order valence-electron chi connectivity index (χ3n) is 2.79. The number of rotatable bonds is 7. The molecule has 0 unspecified atom stereocenters. The molecule has 8 heteroatoms. The van der Waals surface area contributed by atoms with Crippen molar-refractivity contribution in [2.75, 3.05) is 13.1 Å². The largest absolute Gasteiger partial charge is 0.459 e. The van der Waals surface area contributed by atoms with Crippen LogP contribution in [0.2, 0.25) is 0 Å². The first-order chi connectivity index (χ1) is 11.1. The van der Waals surface area contributed by atoms with Crippen LogP contribution in [0.15, 0.2) is 47.1 Å². The number of alkyl halides is 2. The lowest BCUT2D eigenvalue weighted by atomic mass is 10.2. The predicted molar refractivity (Wildman–Crippen MR) is 76.4 cm³/mol. The Morgan fingerprint density at radius 3 is 2.39 bits per heavy atom. The van der Waals surface area contributed by atoms with Crippen molar-refractivity contribution in [3.63, 3.8) is 0 Å². The number of halogens is 2. The van der Waals surface area contributed by atoms with E-state index in [1.54, 1.807) is 6.07 Å². The summed E-state index contributed by atoms with van der Waals surface area (Å²) < 4.78 is 33.8. The molecule has 0 saturated heterocycles. The monoisotopic (exact) mass is 324 g/mol. The Hall–Kier alpha value is -2.90. The number of furan rings is 1. The Morgan fingerprint density at radius 2 is 1.74 bits per heavy atom. The number of carbonyl (C=O) groups excluding carboxylic acids is 2. The van der Waals surface area contributed by atoms with Gasteiger partial charge in [0.05, 0.1) is 11.8 Å².